The zero-order valence-corrected chi connectivity index (χ0v) is 19.5. The summed E-state index contributed by atoms with van der Waals surface area (Å²) in [6, 6.07) is 6.31. The van der Waals surface area contributed by atoms with Crippen LogP contribution in [0.15, 0.2) is 30.3 Å². The summed E-state index contributed by atoms with van der Waals surface area (Å²) >= 11 is 0. The maximum Gasteiger partial charge on any atom is 0.177 e. The van der Waals surface area contributed by atoms with E-state index in [0.29, 0.717) is 29.5 Å². The van der Waals surface area contributed by atoms with Crippen LogP contribution in [0.1, 0.15) is 80.9 Å². The van der Waals surface area contributed by atoms with Crippen molar-refractivity contribution in [1.82, 2.24) is 0 Å². The maximum atomic E-state index is 14.9. The lowest BCUT2D eigenvalue weighted by molar-refractivity contribution is 0.290. The molecule has 0 N–H and O–H groups in total. The Morgan fingerprint density at radius 2 is 1.34 bits per heavy atom. The van der Waals surface area contributed by atoms with Crippen molar-refractivity contribution in [3.05, 3.63) is 81.9 Å². The molecule has 1 saturated carbocycles. The van der Waals surface area contributed by atoms with E-state index in [-0.39, 0.29) is 5.56 Å². The van der Waals surface area contributed by atoms with E-state index < -0.39 is 51.9 Å². The molecule has 0 aliphatic heterocycles. The van der Waals surface area contributed by atoms with Crippen LogP contribution in [0.25, 0.3) is 10.8 Å². The van der Waals surface area contributed by atoms with Crippen LogP contribution in [0.5, 0.6) is 0 Å². The molecule has 0 unspecified atom stereocenters. The second-order valence-electron chi connectivity index (χ2n) is 9.34. The molecule has 3 aromatic carbocycles. The third-order valence-electron chi connectivity index (χ3n) is 6.98. The average Bonchev–Trinajstić information content (AvgIpc) is 2.85. The molecule has 0 bridgehead atoms. The molecular formula is C29H26F6. The Morgan fingerprint density at radius 1 is 0.714 bits per heavy atom. The summed E-state index contributed by atoms with van der Waals surface area (Å²) in [5.41, 5.74) is -1.28. The van der Waals surface area contributed by atoms with Crippen molar-refractivity contribution in [1.29, 1.82) is 0 Å². The molecule has 35 heavy (non-hydrogen) atoms. The van der Waals surface area contributed by atoms with Gasteiger partial charge in [0.05, 0.1) is 0 Å². The summed E-state index contributed by atoms with van der Waals surface area (Å²) in [4.78, 5) is 0. The number of fused-ring (bicyclic) bond motifs is 1. The number of hydrogen-bond donors (Lipinski definition) is 0. The first-order valence-corrected chi connectivity index (χ1v) is 12.1. The van der Waals surface area contributed by atoms with Gasteiger partial charge >= 0.3 is 0 Å². The molecule has 1 aliphatic carbocycles. The standard InChI is InChI=1S/C29H26F6/c1-2-3-4-5-17-6-10-19(11-7-17)25-28(34)26(32)22(27(33)29(25)35)13-9-18-8-12-20-15-23(30)24(31)16-21(20)14-18/h8,12,14-17,19H,2-7,10-11H2,1H3. The molecule has 1 fully saturated rings. The number of halogens is 6. The Labute approximate surface area is 201 Å². The van der Waals surface area contributed by atoms with E-state index >= 15 is 0 Å². The zero-order chi connectivity index (χ0) is 25.1. The van der Waals surface area contributed by atoms with Gasteiger partial charge in [0.25, 0.3) is 0 Å². The van der Waals surface area contributed by atoms with Gasteiger partial charge in [-0.25, -0.2) is 26.3 Å². The normalized spacial score (nSPS) is 17.9. The van der Waals surface area contributed by atoms with Crippen LogP contribution in [-0.2, 0) is 0 Å². The molecule has 0 aromatic heterocycles. The van der Waals surface area contributed by atoms with Crippen LogP contribution in [0.2, 0.25) is 0 Å². The Balaban J connectivity index is 1.58. The summed E-state index contributed by atoms with van der Waals surface area (Å²) < 4.78 is 86.4. The molecule has 0 heterocycles. The van der Waals surface area contributed by atoms with Crippen LogP contribution >= 0.6 is 0 Å². The van der Waals surface area contributed by atoms with Crippen LogP contribution in [0.4, 0.5) is 26.3 Å². The Kier molecular flexibility index (Phi) is 7.74. The third-order valence-corrected chi connectivity index (χ3v) is 6.98. The van der Waals surface area contributed by atoms with E-state index in [2.05, 4.69) is 18.8 Å². The lowest BCUT2D eigenvalue weighted by Gasteiger charge is -2.29. The quantitative estimate of drug-likeness (QED) is 0.146. The Morgan fingerprint density at radius 3 is 1.97 bits per heavy atom. The van der Waals surface area contributed by atoms with Crippen molar-refractivity contribution in [2.45, 2.75) is 64.2 Å². The second kappa shape index (κ2) is 10.8. The SMILES string of the molecule is CCCCCC1CCC(c2c(F)c(F)c(C#Cc3ccc4cc(F)c(F)cc4c3)c(F)c2F)CC1. The van der Waals surface area contributed by atoms with E-state index in [1.807, 2.05) is 0 Å². The van der Waals surface area contributed by atoms with Crippen LogP contribution in [-0.4, -0.2) is 0 Å². The first-order chi connectivity index (χ1) is 16.8. The summed E-state index contributed by atoms with van der Waals surface area (Å²) in [5.74, 6) is -3.28. The van der Waals surface area contributed by atoms with Crippen LogP contribution < -0.4 is 0 Å². The number of hydrogen-bond acceptors (Lipinski definition) is 0. The predicted octanol–water partition coefficient (Wildman–Crippen LogP) is 8.93. The zero-order valence-electron chi connectivity index (χ0n) is 19.5. The van der Waals surface area contributed by atoms with E-state index in [0.717, 1.165) is 50.7 Å². The number of benzene rings is 3. The monoisotopic (exact) mass is 488 g/mol. The number of unbranched alkanes of at least 4 members (excludes halogenated alkanes) is 2. The molecule has 0 saturated heterocycles. The molecule has 4 rings (SSSR count). The van der Waals surface area contributed by atoms with Crippen molar-refractivity contribution >= 4 is 10.8 Å². The van der Waals surface area contributed by atoms with Gasteiger partial charge in [-0.15, -0.1) is 0 Å². The van der Waals surface area contributed by atoms with E-state index in [1.54, 1.807) is 0 Å². The van der Waals surface area contributed by atoms with Gasteiger partial charge in [-0.2, -0.15) is 0 Å². The van der Waals surface area contributed by atoms with Gasteiger partial charge < -0.3 is 0 Å². The molecule has 0 nitrogen and oxygen atoms in total. The smallest absolute Gasteiger partial charge is 0.177 e. The van der Waals surface area contributed by atoms with E-state index in [4.69, 9.17) is 0 Å². The van der Waals surface area contributed by atoms with E-state index in [1.165, 1.54) is 18.2 Å². The van der Waals surface area contributed by atoms with Crippen molar-refractivity contribution < 1.29 is 26.3 Å². The highest BCUT2D eigenvalue weighted by Crippen LogP contribution is 2.41. The molecular weight excluding hydrogens is 462 g/mol. The lowest BCUT2D eigenvalue weighted by atomic mass is 9.76. The van der Waals surface area contributed by atoms with Crippen molar-refractivity contribution in [3.63, 3.8) is 0 Å². The first kappa shape index (κ1) is 25.2. The van der Waals surface area contributed by atoms with Gasteiger partial charge in [0.15, 0.2) is 34.9 Å². The largest absolute Gasteiger partial charge is 0.204 e. The van der Waals surface area contributed by atoms with Gasteiger partial charge in [-0.1, -0.05) is 50.5 Å². The molecule has 0 radical (unpaired) electrons. The van der Waals surface area contributed by atoms with Gasteiger partial charge in [0, 0.05) is 11.1 Å². The Bertz CT molecular complexity index is 1260. The molecule has 0 amide bonds. The molecule has 6 heteroatoms. The summed E-state index contributed by atoms with van der Waals surface area (Å²) in [5, 5.41) is 0.739. The van der Waals surface area contributed by atoms with Crippen LogP contribution in [0.3, 0.4) is 0 Å². The van der Waals surface area contributed by atoms with Crippen molar-refractivity contribution in [2.75, 3.05) is 0 Å². The number of rotatable bonds is 5. The third kappa shape index (κ3) is 5.34. The van der Waals surface area contributed by atoms with E-state index in [9.17, 15) is 26.3 Å². The molecule has 0 atom stereocenters. The van der Waals surface area contributed by atoms with Gasteiger partial charge in [0.2, 0.25) is 0 Å². The van der Waals surface area contributed by atoms with Crippen molar-refractivity contribution in [2.24, 2.45) is 5.92 Å². The fourth-order valence-corrected chi connectivity index (χ4v) is 4.99. The minimum Gasteiger partial charge on any atom is -0.204 e. The average molecular weight is 489 g/mol. The highest BCUT2D eigenvalue weighted by Gasteiger charge is 2.32. The van der Waals surface area contributed by atoms with Gasteiger partial charge in [-0.05, 0) is 72.6 Å². The molecule has 1 aliphatic rings. The molecule has 3 aromatic rings. The minimum atomic E-state index is -1.51. The topological polar surface area (TPSA) is 0 Å². The van der Waals surface area contributed by atoms with Crippen LogP contribution in [0, 0.1) is 52.7 Å². The highest BCUT2D eigenvalue weighted by atomic mass is 19.2. The summed E-state index contributed by atoms with van der Waals surface area (Å²) in [6.07, 6.45) is 7.00. The first-order valence-electron chi connectivity index (χ1n) is 12.1. The highest BCUT2D eigenvalue weighted by molar-refractivity contribution is 5.84. The fourth-order valence-electron chi connectivity index (χ4n) is 4.99. The molecule has 184 valence electrons. The Hall–Kier alpha value is -2.94. The lowest BCUT2D eigenvalue weighted by Crippen LogP contribution is -2.18. The van der Waals surface area contributed by atoms with Gasteiger partial charge in [-0.3, -0.25) is 0 Å². The molecule has 0 spiro atoms. The van der Waals surface area contributed by atoms with Crippen molar-refractivity contribution in [3.8, 4) is 11.8 Å². The summed E-state index contributed by atoms with van der Waals surface area (Å²) in [6.45, 7) is 2.13. The maximum absolute atomic E-state index is 14.9. The van der Waals surface area contributed by atoms with Gasteiger partial charge in [0.1, 0.15) is 5.56 Å². The predicted molar refractivity (Wildman–Crippen MR) is 125 cm³/mol. The second-order valence-corrected chi connectivity index (χ2v) is 9.34. The fraction of sp³-hybridized carbons (Fsp3) is 0.379. The summed E-state index contributed by atoms with van der Waals surface area (Å²) in [7, 11) is 0. The minimum absolute atomic E-state index is 0.230.